The first-order valence-corrected chi connectivity index (χ1v) is 11.6. The molecule has 4 aromatic rings. The number of nitrogens with zero attached hydrogens (tertiary/aromatic N) is 6. The molecule has 12 heteroatoms. The number of piperazine rings is 1. The summed E-state index contributed by atoms with van der Waals surface area (Å²) < 4.78 is 17.4. The van der Waals surface area contributed by atoms with Crippen molar-refractivity contribution in [3.63, 3.8) is 0 Å². The van der Waals surface area contributed by atoms with Crippen LogP contribution in [0.2, 0.25) is 0 Å². The number of pyridine rings is 1. The Labute approximate surface area is 206 Å². The summed E-state index contributed by atoms with van der Waals surface area (Å²) in [5, 5.41) is 13.2. The van der Waals surface area contributed by atoms with E-state index in [1.165, 1.54) is 6.26 Å². The molecule has 12 nitrogen and oxygen atoms in total. The van der Waals surface area contributed by atoms with Gasteiger partial charge in [-0.2, -0.15) is 0 Å². The Morgan fingerprint density at radius 1 is 1.17 bits per heavy atom. The van der Waals surface area contributed by atoms with Crippen molar-refractivity contribution < 1.29 is 18.7 Å². The van der Waals surface area contributed by atoms with Crippen LogP contribution < -0.4 is 10.3 Å². The van der Waals surface area contributed by atoms with Crippen LogP contribution in [0.3, 0.4) is 0 Å². The van der Waals surface area contributed by atoms with E-state index in [9.17, 15) is 9.59 Å². The molecule has 0 unspecified atom stereocenters. The van der Waals surface area contributed by atoms with Crippen molar-refractivity contribution in [2.45, 2.75) is 12.6 Å². The molecular weight excluding hydrogens is 466 g/mol. The van der Waals surface area contributed by atoms with Gasteiger partial charge < -0.3 is 23.8 Å². The molecule has 3 aromatic heterocycles. The first-order chi connectivity index (χ1) is 17.6. The van der Waals surface area contributed by atoms with Gasteiger partial charge in [0.2, 0.25) is 0 Å². The van der Waals surface area contributed by atoms with Crippen LogP contribution in [0.15, 0.2) is 51.9 Å². The van der Waals surface area contributed by atoms with Gasteiger partial charge in [-0.05, 0) is 46.1 Å². The van der Waals surface area contributed by atoms with Crippen molar-refractivity contribution in [2.24, 2.45) is 0 Å². The molecule has 1 fully saturated rings. The number of aromatic nitrogens is 5. The molecule has 1 aliphatic rings. The highest BCUT2D eigenvalue weighted by Gasteiger charge is 2.34. The summed E-state index contributed by atoms with van der Waals surface area (Å²) >= 11 is 0. The monoisotopic (exact) mass is 493 g/mol. The number of carbonyl (C=O) groups is 1. The lowest BCUT2D eigenvalue weighted by Gasteiger charge is -2.38. The van der Waals surface area contributed by atoms with Gasteiger partial charge in [0.25, 0.3) is 11.5 Å². The number of hydrogen-bond donors (Lipinski definition) is 1. The minimum absolute atomic E-state index is 0.154. The van der Waals surface area contributed by atoms with Gasteiger partial charge in [0.05, 0.1) is 32.0 Å². The van der Waals surface area contributed by atoms with Crippen LogP contribution in [0.25, 0.3) is 10.9 Å². The van der Waals surface area contributed by atoms with E-state index < -0.39 is 6.04 Å². The molecule has 1 amide bonds. The number of nitrogens with one attached hydrogen (secondary N) is 1. The number of hydrogen-bond acceptors (Lipinski definition) is 9. The standard InChI is InChI=1S/C24H27N7O5/c1-34-13-11-31-22(26-27-28-31)21(18-14-16-5-6-17(35-2)15-19(16)25-23(18)32)29-7-9-30(10-8-29)24(33)20-4-3-12-36-20/h3-6,12,14-15,21H,7-11,13H2,1-2H3,(H,25,32)/t21-/m1/s1. The lowest BCUT2D eigenvalue weighted by atomic mass is 10.0. The molecule has 1 atom stereocenters. The Morgan fingerprint density at radius 2 is 2.00 bits per heavy atom. The van der Waals surface area contributed by atoms with Crippen LogP contribution >= 0.6 is 0 Å². The van der Waals surface area contributed by atoms with Gasteiger partial charge in [0, 0.05) is 44.9 Å². The van der Waals surface area contributed by atoms with E-state index >= 15 is 0 Å². The number of amides is 1. The van der Waals surface area contributed by atoms with Gasteiger partial charge in [-0.1, -0.05) is 0 Å². The third-order valence-corrected chi connectivity index (χ3v) is 6.39. The van der Waals surface area contributed by atoms with Crippen molar-refractivity contribution >= 4 is 16.8 Å². The molecule has 188 valence electrons. The molecule has 4 heterocycles. The summed E-state index contributed by atoms with van der Waals surface area (Å²) in [4.78, 5) is 33.0. The quantitative estimate of drug-likeness (QED) is 0.386. The first-order valence-electron chi connectivity index (χ1n) is 11.6. The molecule has 0 radical (unpaired) electrons. The third kappa shape index (κ3) is 4.60. The van der Waals surface area contributed by atoms with Crippen molar-refractivity contribution in [1.82, 2.24) is 35.0 Å². The maximum Gasteiger partial charge on any atom is 0.289 e. The van der Waals surface area contributed by atoms with E-state index in [-0.39, 0.29) is 11.5 Å². The molecule has 0 bridgehead atoms. The summed E-state index contributed by atoms with van der Waals surface area (Å²) in [7, 11) is 3.19. The van der Waals surface area contributed by atoms with Gasteiger partial charge >= 0.3 is 0 Å². The molecule has 1 N–H and O–H groups in total. The van der Waals surface area contributed by atoms with Crippen LogP contribution in [-0.4, -0.2) is 87.9 Å². The highest BCUT2D eigenvalue weighted by molar-refractivity contribution is 5.91. The molecule has 0 aliphatic carbocycles. The highest BCUT2D eigenvalue weighted by atomic mass is 16.5. The van der Waals surface area contributed by atoms with Gasteiger partial charge in [0.15, 0.2) is 11.6 Å². The zero-order chi connectivity index (χ0) is 25.1. The van der Waals surface area contributed by atoms with E-state index in [1.54, 1.807) is 42.0 Å². The van der Waals surface area contributed by atoms with Crippen LogP contribution in [-0.2, 0) is 11.3 Å². The number of aromatic amines is 1. The number of tetrazole rings is 1. The summed E-state index contributed by atoms with van der Waals surface area (Å²) in [6.07, 6.45) is 1.49. The largest absolute Gasteiger partial charge is 0.497 e. The van der Waals surface area contributed by atoms with E-state index in [1.807, 2.05) is 18.2 Å². The molecule has 1 saturated heterocycles. The lowest BCUT2D eigenvalue weighted by Crippen LogP contribution is -2.50. The number of benzene rings is 1. The fraction of sp³-hybridized carbons (Fsp3) is 0.375. The second-order valence-corrected chi connectivity index (χ2v) is 8.47. The predicted octanol–water partition coefficient (Wildman–Crippen LogP) is 1.31. The fourth-order valence-electron chi connectivity index (χ4n) is 4.51. The highest BCUT2D eigenvalue weighted by Crippen LogP contribution is 2.29. The third-order valence-electron chi connectivity index (χ3n) is 6.39. The van der Waals surface area contributed by atoms with Crippen molar-refractivity contribution in [3.05, 3.63) is 70.2 Å². The van der Waals surface area contributed by atoms with Crippen molar-refractivity contribution in [2.75, 3.05) is 47.0 Å². The molecule has 0 spiro atoms. The lowest BCUT2D eigenvalue weighted by molar-refractivity contribution is 0.0557. The first kappa shape index (κ1) is 23.7. The Balaban J connectivity index is 1.50. The number of H-pyrrole nitrogens is 1. The minimum Gasteiger partial charge on any atom is -0.497 e. The van der Waals surface area contributed by atoms with Crippen molar-refractivity contribution in [1.29, 1.82) is 0 Å². The van der Waals surface area contributed by atoms with Crippen molar-refractivity contribution in [3.8, 4) is 5.75 Å². The Bertz CT molecular complexity index is 1390. The van der Waals surface area contributed by atoms with Crippen LogP contribution in [0.4, 0.5) is 0 Å². The van der Waals surface area contributed by atoms with Gasteiger partial charge in [0.1, 0.15) is 11.8 Å². The molecular formula is C24H27N7O5. The van der Waals surface area contributed by atoms with E-state index in [0.717, 1.165) is 5.39 Å². The van der Waals surface area contributed by atoms with E-state index in [4.69, 9.17) is 13.9 Å². The second-order valence-electron chi connectivity index (χ2n) is 8.47. The number of methoxy groups -OCH3 is 2. The zero-order valence-electron chi connectivity index (χ0n) is 20.1. The molecule has 1 aromatic carbocycles. The molecule has 36 heavy (non-hydrogen) atoms. The van der Waals surface area contributed by atoms with Gasteiger partial charge in [-0.25, -0.2) is 4.68 Å². The number of ether oxygens (including phenoxy) is 2. The van der Waals surface area contributed by atoms with Crippen LogP contribution in [0, 0.1) is 0 Å². The maximum absolute atomic E-state index is 13.4. The molecule has 0 saturated carbocycles. The number of furan rings is 1. The summed E-state index contributed by atoms with van der Waals surface area (Å²) in [5.74, 6) is 1.35. The molecule has 1 aliphatic heterocycles. The zero-order valence-corrected chi connectivity index (χ0v) is 20.1. The number of rotatable bonds is 8. The minimum atomic E-state index is -0.520. The average molecular weight is 494 g/mol. The normalized spacial score (nSPS) is 15.3. The number of carbonyl (C=O) groups excluding carboxylic acids is 1. The van der Waals surface area contributed by atoms with Crippen LogP contribution in [0.1, 0.15) is 28.0 Å². The SMILES string of the molecule is COCCn1nnnc1[C@@H](c1cc2ccc(OC)cc2[nH]c1=O)N1CCN(C(=O)c2ccco2)CC1. The summed E-state index contributed by atoms with van der Waals surface area (Å²) in [6.45, 7) is 2.85. The Hall–Kier alpha value is -4.03. The average Bonchev–Trinajstić information content (AvgIpc) is 3.60. The molecule has 5 rings (SSSR count). The Morgan fingerprint density at radius 3 is 2.72 bits per heavy atom. The summed E-state index contributed by atoms with van der Waals surface area (Å²) in [6, 6.07) is 10.2. The summed E-state index contributed by atoms with van der Waals surface area (Å²) in [5.41, 5.74) is 0.956. The maximum atomic E-state index is 13.4. The van der Waals surface area contributed by atoms with Crippen LogP contribution in [0.5, 0.6) is 5.75 Å². The van der Waals surface area contributed by atoms with Gasteiger partial charge in [-0.15, -0.1) is 5.10 Å². The fourth-order valence-corrected chi connectivity index (χ4v) is 4.51. The van der Waals surface area contributed by atoms with Gasteiger partial charge in [-0.3, -0.25) is 14.5 Å². The Kier molecular flexibility index (Phi) is 6.78. The predicted molar refractivity (Wildman–Crippen MR) is 129 cm³/mol. The van der Waals surface area contributed by atoms with E-state index in [0.29, 0.717) is 67.7 Å². The second kappa shape index (κ2) is 10.3. The number of fused-ring (bicyclic) bond motifs is 1. The van der Waals surface area contributed by atoms with E-state index in [2.05, 4.69) is 25.4 Å². The smallest absolute Gasteiger partial charge is 0.289 e. The topological polar surface area (TPSA) is 132 Å².